The summed E-state index contributed by atoms with van der Waals surface area (Å²) < 4.78 is 0.934. The van der Waals surface area contributed by atoms with Crippen molar-refractivity contribution in [2.24, 2.45) is 5.92 Å². The van der Waals surface area contributed by atoms with Crippen LogP contribution in [-0.4, -0.2) is 50.5 Å². The van der Waals surface area contributed by atoms with Crippen LogP contribution in [-0.2, 0) is 9.59 Å². The van der Waals surface area contributed by atoms with Crippen LogP contribution in [0.15, 0.2) is 54.6 Å². The number of amides is 2. The number of benzene rings is 2. The number of hydrogen-bond acceptors (Lipinski definition) is 2. The Morgan fingerprint density at radius 2 is 1.76 bits per heavy atom. The van der Waals surface area contributed by atoms with Gasteiger partial charge in [-0.3, -0.25) is 0 Å². The van der Waals surface area contributed by atoms with Gasteiger partial charge in [0.25, 0.3) is 0 Å². The van der Waals surface area contributed by atoms with E-state index in [4.69, 9.17) is 0 Å². The van der Waals surface area contributed by atoms with Crippen LogP contribution in [0.2, 0.25) is 5.21 Å². The summed E-state index contributed by atoms with van der Waals surface area (Å²) in [5, 5.41) is 7.23. The summed E-state index contributed by atoms with van der Waals surface area (Å²) in [4.78, 5) is 25.3. The van der Waals surface area contributed by atoms with E-state index in [1.165, 1.54) is 37.3 Å². The van der Waals surface area contributed by atoms with Crippen molar-refractivity contribution in [3.05, 3.63) is 65.7 Å². The number of rotatable bonds is 9. The molecule has 0 heterocycles. The fraction of sp³-hybridized carbons (Fsp3) is 0.407. The average Bonchev–Trinajstić information content (AvgIpc) is 2.80. The van der Waals surface area contributed by atoms with Crippen LogP contribution in [0.4, 0.5) is 5.69 Å². The van der Waals surface area contributed by atoms with Crippen molar-refractivity contribution in [3.8, 4) is 0 Å². The van der Waals surface area contributed by atoms with Crippen LogP contribution in [0.3, 0.4) is 0 Å². The zero-order valence-electron chi connectivity index (χ0n) is 19.5. The Bertz CT molecular complexity index is 951. The predicted octanol–water partition coefficient (Wildman–Crippen LogP) is 4.40. The van der Waals surface area contributed by atoms with Crippen molar-refractivity contribution >= 4 is 60.5 Å². The SMILES string of the molecule is CC(C)NC(=O)C([As]CC1CCCCC1)c1ccc(C=CC(=O)Nc2ccccc2[As])cc1. The minimum absolute atomic E-state index is 0.0360. The van der Waals surface area contributed by atoms with E-state index in [1.807, 2.05) is 56.3 Å². The Hall–Kier alpha value is -1.76. The van der Waals surface area contributed by atoms with Crippen molar-refractivity contribution in [1.29, 1.82) is 0 Å². The number of nitrogens with one attached hydrogen (secondary N) is 2. The molecule has 1 saturated carbocycles. The summed E-state index contributed by atoms with van der Waals surface area (Å²) >= 11 is 2.36. The van der Waals surface area contributed by atoms with Gasteiger partial charge >= 0.3 is 214 Å². The summed E-state index contributed by atoms with van der Waals surface area (Å²) in [5.74, 6) is 0.783. The molecule has 0 aliphatic heterocycles. The van der Waals surface area contributed by atoms with Crippen LogP contribution in [0.25, 0.3) is 6.08 Å². The summed E-state index contributed by atoms with van der Waals surface area (Å²) in [6.07, 6.45) is 10.0. The number of anilines is 1. The molecule has 1 atom stereocenters. The van der Waals surface area contributed by atoms with E-state index in [-0.39, 0.29) is 38.3 Å². The number of para-hydroxylation sites is 1. The van der Waals surface area contributed by atoms with Crippen LogP contribution >= 0.6 is 0 Å². The molecule has 2 aromatic rings. The second-order valence-electron chi connectivity index (χ2n) is 8.94. The van der Waals surface area contributed by atoms with E-state index in [9.17, 15) is 9.59 Å². The molecule has 33 heavy (non-hydrogen) atoms. The molecule has 1 fully saturated rings. The van der Waals surface area contributed by atoms with E-state index >= 15 is 0 Å². The van der Waals surface area contributed by atoms with Gasteiger partial charge in [-0.2, -0.15) is 0 Å². The first-order chi connectivity index (χ1) is 15.9. The van der Waals surface area contributed by atoms with Gasteiger partial charge in [-0.15, -0.1) is 0 Å². The molecule has 1 unspecified atom stereocenters. The van der Waals surface area contributed by atoms with Crippen molar-refractivity contribution in [3.63, 3.8) is 0 Å². The molecule has 0 saturated heterocycles. The summed E-state index contributed by atoms with van der Waals surface area (Å²) in [6, 6.07) is 15.9. The molecule has 2 N–H and O–H groups in total. The molecular formula is C27H33As2N2O2. The van der Waals surface area contributed by atoms with Gasteiger partial charge in [0.05, 0.1) is 0 Å². The van der Waals surface area contributed by atoms with E-state index < -0.39 is 0 Å². The van der Waals surface area contributed by atoms with E-state index in [0.717, 1.165) is 27.1 Å². The van der Waals surface area contributed by atoms with Gasteiger partial charge in [-0.25, -0.2) is 0 Å². The minimum atomic E-state index is -0.163. The van der Waals surface area contributed by atoms with Crippen molar-refractivity contribution in [2.45, 2.75) is 61.9 Å². The van der Waals surface area contributed by atoms with E-state index in [2.05, 4.69) is 39.6 Å². The van der Waals surface area contributed by atoms with Crippen LogP contribution < -0.4 is 15.0 Å². The van der Waals surface area contributed by atoms with Gasteiger partial charge in [0.15, 0.2) is 0 Å². The summed E-state index contributed by atoms with van der Waals surface area (Å²) in [7, 11) is 0. The molecule has 3 rings (SSSR count). The topological polar surface area (TPSA) is 58.2 Å². The third-order valence-corrected chi connectivity index (χ3v) is 10.0. The zero-order chi connectivity index (χ0) is 23.6. The van der Waals surface area contributed by atoms with Gasteiger partial charge < -0.3 is 0 Å². The van der Waals surface area contributed by atoms with Crippen molar-refractivity contribution in [1.82, 2.24) is 5.32 Å². The molecule has 2 amide bonds. The van der Waals surface area contributed by atoms with Gasteiger partial charge in [0, 0.05) is 0 Å². The van der Waals surface area contributed by atoms with Gasteiger partial charge in [0.1, 0.15) is 0 Å². The third-order valence-electron chi connectivity index (χ3n) is 5.79. The first-order valence-electron chi connectivity index (χ1n) is 11.8. The Labute approximate surface area is 213 Å². The molecule has 0 spiro atoms. The number of carbonyl (C=O) groups excluding carboxylic acids is 2. The first kappa shape index (κ1) is 25.9. The average molecular weight is 567 g/mol. The normalized spacial score (nSPS) is 15.9. The van der Waals surface area contributed by atoms with Crippen LogP contribution in [0.1, 0.15) is 61.8 Å². The molecule has 0 bridgehead atoms. The molecule has 1 aliphatic rings. The Morgan fingerprint density at radius 3 is 2.42 bits per heavy atom. The standard InChI is InChI=1S/C27H33As2N2O2/c1-19(2)30-27(33)26(29-18-21-8-4-3-5-9-21)22-15-12-20(13-16-22)14-17-25(32)31-24-11-7-6-10-23(24)28/h6-7,10-17,19,21,26H,3-5,8-9,18H2,1-2H3,(H,30,33)(H,31,32). The molecule has 3 radical (unpaired) electrons. The van der Waals surface area contributed by atoms with E-state index in [0.29, 0.717) is 0 Å². The second kappa shape index (κ2) is 13.2. The molecule has 1 aliphatic carbocycles. The zero-order valence-corrected chi connectivity index (χ0v) is 23.2. The van der Waals surface area contributed by atoms with Gasteiger partial charge in [-0.05, 0) is 0 Å². The third kappa shape index (κ3) is 8.51. The van der Waals surface area contributed by atoms with Crippen LogP contribution in [0.5, 0.6) is 0 Å². The van der Waals surface area contributed by atoms with Crippen molar-refractivity contribution in [2.75, 3.05) is 5.32 Å². The summed E-state index contributed by atoms with van der Waals surface area (Å²) in [6.45, 7) is 4.03. The Kier molecular flexibility index (Phi) is 10.3. The maximum absolute atomic E-state index is 13.0. The number of carbonyl (C=O) groups is 2. The van der Waals surface area contributed by atoms with Gasteiger partial charge in [0.2, 0.25) is 0 Å². The predicted molar refractivity (Wildman–Crippen MR) is 139 cm³/mol. The second-order valence-corrected chi connectivity index (χ2v) is 12.6. The Balaban J connectivity index is 1.64. The molecule has 173 valence electrons. The van der Waals surface area contributed by atoms with Crippen LogP contribution in [0, 0.1) is 5.92 Å². The molecular weight excluding hydrogens is 534 g/mol. The quantitative estimate of drug-likeness (QED) is 0.349. The first-order valence-corrected chi connectivity index (χ1v) is 15.1. The monoisotopic (exact) mass is 567 g/mol. The van der Waals surface area contributed by atoms with E-state index in [1.54, 1.807) is 6.08 Å². The fourth-order valence-corrected chi connectivity index (χ4v) is 7.64. The fourth-order valence-electron chi connectivity index (χ4n) is 4.04. The molecule has 6 heteroatoms. The molecule has 0 aromatic heterocycles. The number of hydrogen-bond donors (Lipinski definition) is 2. The Morgan fingerprint density at radius 1 is 1.06 bits per heavy atom. The molecule has 2 aromatic carbocycles. The van der Waals surface area contributed by atoms with Gasteiger partial charge in [-0.1, -0.05) is 0 Å². The molecule has 4 nitrogen and oxygen atoms in total. The van der Waals surface area contributed by atoms with Crippen molar-refractivity contribution < 1.29 is 9.59 Å². The maximum atomic E-state index is 13.0. The summed E-state index contributed by atoms with van der Waals surface area (Å²) in [5.41, 5.74) is 2.83.